The number of aliphatic hydroxyl groups is 1. The molecule has 3 amide bonds. The van der Waals surface area contributed by atoms with Gasteiger partial charge in [-0.2, -0.15) is 0 Å². The predicted octanol–water partition coefficient (Wildman–Crippen LogP) is 3.92. The molecule has 1 saturated heterocycles. The quantitative estimate of drug-likeness (QED) is 0.304. The second-order valence-electron chi connectivity index (χ2n) is 12.0. The second-order valence-corrected chi connectivity index (χ2v) is 12.8. The molecule has 15 heteroatoms. The number of hydrogen-bond acceptors (Lipinski definition) is 11. The Hall–Kier alpha value is -4.63. The van der Waals surface area contributed by atoms with Crippen LogP contribution in [0.4, 0.5) is 10.5 Å². The fourth-order valence-electron chi connectivity index (χ4n) is 5.49. The lowest BCUT2D eigenvalue weighted by Gasteiger charge is -2.30. The minimum absolute atomic E-state index is 0.0173. The van der Waals surface area contributed by atoms with Crippen LogP contribution in [0.25, 0.3) is 0 Å². The van der Waals surface area contributed by atoms with Gasteiger partial charge in [-0.15, -0.1) is 0 Å². The summed E-state index contributed by atoms with van der Waals surface area (Å²) in [6, 6.07) is 2.28. The first-order valence-electron chi connectivity index (χ1n) is 15.9. The van der Waals surface area contributed by atoms with E-state index in [1.165, 1.54) is 23.2 Å². The zero-order valence-corrected chi connectivity index (χ0v) is 29.1. The number of allylic oxidation sites excluding steroid dienone is 2. The van der Waals surface area contributed by atoms with Crippen LogP contribution in [0.3, 0.4) is 0 Å². The molecule has 0 aromatic carbocycles. The number of esters is 1. The number of rotatable bonds is 4. The topological polar surface area (TPSA) is 190 Å². The molecule has 2 aliphatic rings. The number of pyridine rings is 1. The molecule has 2 bridgehead atoms. The Balaban J connectivity index is 1.54. The zero-order valence-electron chi connectivity index (χ0n) is 27.5. The summed E-state index contributed by atoms with van der Waals surface area (Å²) < 4.78 is 17.4. The van der Waals surface area contributed by atoms with Gasteiger partial charge in [-0.3, -0.25) is 19.7 Å². The first-order chi connectivity index (χ1) is 23.4. The molecular weight excluding hydrogens is 702 g/mol. The molecule has 1 fully saturated rings. The molecule has 0 radical (unpaired) electrons. The van der Waals surface area contributed by atoms with Gasteiger partial charge in [0.15, 0.2) is 5.69 Å². The van der Waals surface area contributed by atoms with E-state index in [4.69, 9.17) is 13.9 Å². The van der Waals surface area contributed by atoms with Gasteiger partial charge in [-0.25, -0.2) is 19.6 Å². The maximum Gasteiger partial charge on any atom is 0.411 e. The summed E-state index contributed by atoms with van der Waals surface area (Å²) in [5.74, 6) is -2.95. The molecule has 2 aliphatic heterocycles. The van der Waals surface area contributed by atoms with Crippen molar-refractivity contribution in [3.63, 3.8) is 0 Å². The van der Waals surface area contributed by atoms with E-state index in [9.17, 15) is 29.1 Å². The molecule has 4 heterocycles. The van der Waals surface area contributed by atoms with Crippen molar-refractivity contribution >= 4 is 51.3 Å². The van der Waals surface area contributed by atoms with Crippen LogP contribution in [0.15, 0.2) is 69.6 Å². The van der Waals surface area contributed by atoms with E-state index >= 15 is 0 Å². The van der Waals surface area contributed by atoms with E-state index in [0.717, 1.165) is 6.26 Å². The molecule has 14 nitrogen and oxygen atoms in total. The number of carbonyl (C=O) groups excluding carboxylic acids is 5. The molecule has 49 heavy (non-hydrogen) atoms. The van der Waals surface area contributed by atoms with Crippen LogP contribution in [-0.2, 0) is 30.3 Å². The number of fused-ring (bicyclic) bond motifs is 3. The Kier molecular flexibility index (Phi) is 13.4. The fourth-order valence-corrected chi connectivity index (χ4v) is 5.85. The van der Waals surface area contributed by atoms with E-state index in [1.54, 1.807) is 51.1 Å². The summed E-state index contributed by atoms with van der Waals surface area (Å²) in [4.78, 5) is 74.3. The van der Waals surface area contributed by atoms with Gasteiger partial charge in [0, 0.05) is 43.2 Å². The summed E-state index contributed by atoms with van der Waals surface area (Å²) in [5.41, 5.74) is 1.09. The Labute approximate surface area is 292 Å². The van der Waals surface area contributed by atoms with Crippen molar-refractivity contribution in [2.75, 3.05) is 25.0 Å². The Morgan fingerprint density at radius 2 is 2.06 bits per heavy atom. The number of oxazole rings is 1. The van der Waals surface area contributed by atoms with Crippen LogP contribution >= 0.6 is 15.9 Å². The normalized spacial score (nSPS) is 24.3. The summed E-state index contributed by atoms with van der Waals surface area (Å²) in [6.45, 7) is 5.61. The molecule has 262 valence electrons. The van der Waals surface area contributed by atoms with Crippen LogP contribution in [0.1, 0.15) is 56.4 Å². The molecular formula is C34H40BrN5O9. The van der Waals surface area contributed by atoms with Crippen molar-refractivity contribution in [3.05, 3.63) is 76.7 Å². The van der Waals surface area contributed by atoms with Gasteiger partial charge in [0.1, 0.15) is 28.8 Å². The highest BCUT2D eigenvalue weighted by atomic mass is 79.9. The molecule has 4 rings (SSSR count). The summed E-state index contributed by atoms with van der Waals surface area (Å²) in [5, 5.41) is 15.7. The molecule has 0 saturated carbocycles. The fraction of sp³-hybridized carbons (Fsp3) is 0.441. The lowest BCUT2D eigenvalue weighted by atomic mass is 9.93. The van der Waals surface area contributed by atoms with Crippen molar-refractivity contribution in [3.8, 4) is 0 Å². The predicted molar refractivity (Wildman–Crippen MR) is 180 cm³/mol. The number of nitrogens with one attached hydrogen (secondary N) is 2. The highest BCUT2D eigenvalue weighted by Gasteiger charge is 2.39. The SMILES string of the molecule is CC1=C[C@@H](O)CC(=O)Cc2nc(co2)C(=O)N2CCC[C@@H]2C(=O)O[C@H]([C@H](C)COC(=O)Nc2ccnc(Br)c2)[C@H](C)/C=C/C(=O)NCC=C1. The Morgan fingerprint density at radius 1 is 1.27 bits per heavy atom. The third-order valence-electron chi connectivity index (χ3n) is 7.90. The lowest BCUT2D eigenvalue weighted by Crippen LogP contribution is -2.44. The van der Waals surface area contributed by atoms with Gasteiger partial charge >= 0.3 is 12.1 Å². The minimum atomic E-state index is -1.05. The monoisotopic (exact) mass is 741 g/mol. The second kappa shape index (κ2) is 17.7. The van der Waals surface area contributed by atoms with Crippen LogP contribution in [0.2, 0.25) is 0 Å². The van der Waals surface area contributed by atoms with Gasteiger partial charge in [-0.05, 0) is 53.9 Å². The number of ether oxygens (including phenoxy) is 2. The van der Waals surface area contributed by atoms with Crippen LogP contribution in [0, 0.1) is 11.8 Å². The number of anilines is 1. The Bertz CT molecular complexity index is 1620. The van der Waals surface area contributed by atoms with Crippen molar-refractivity contribution < 1.29 is 43.0 Å². The summed E-state index contributed by atoms with van der Waals surface area (Å²) in [6.07, 6.45) is 8.38. The summed E-state index contributed by atoms with van der Waals surface area (Å²) in [7, 11) is 0. The molecule has 3 N–H and O–H groups in total. The smallest absolute Gasteiger partial charge is 0.411 e. The van der Waals surface area contributed by atoms with Crippen molar-refractivity contribution in [2.24, 2.45) is 11.8 Å². The molecule has 2 aromatic heterocycles. The number of carbonyl (C=O) groups is 5. The van der Waals surface area contributed by atoms with Gasteiger partial charge in [-0.1, -0.05) is 43.7 Å². The number of cyclic esters (lactones) is 1. The zero-order chi connectivity index (χ0) is 35.5. The maximum atomic E-state index is 13.6. The first kappa shape index (κ1) is 37.2. The standard InChI is InChI=1S/C34H40BrN5O9/c1-20-6-4-11-37-29(43)9-8-21(2)31(22(3)18-48-34(46)38-23-10-12-36-28(35)15-23)49-33(45)27-7-5-13-40(27)32(44)26-19-47-30(39-26)17-25(42)16-24(41)14-20/h4,6,8-10,12,14-15,19,21-22,24,27,31,41H,5,7,11,13,16-18H2,1-3H3,(H,37,43)(H,36,38,46)/b6-4?,9-8+,20-14?/t21-,22-,24-,27-,31+/m1/s1. The van der Waals surface area contributed by atoms with Crippen molar-refractivity contribution in [2.45, 2.75) is 64.7 Å². The van der Waals surface area contributed by atoms with Crippen LogP contribution < -0.4 is 10.6 Å². The number of amides is 3. The average Bonchev–Trinajstić information content (AvgIpc) is 3.73. The third kappa shape index (κ3) is 11.2. The maximum absolute atomic E-state index is 13.6. The highest BCUT2D eigenvalue weighted by Crippen LogP contribution is 2.26. The van der Waals surface area contributed by atoms with E-state index in [-0.39, 0.29) is 49.9 Å². The van der Waals surface area contributed by atoms with Crippen LogP contribution in [-0.4, -0.2) is 87.6 Å². The van der Waals surface area contributed by atoms with Gasteiger partial charge in [0.2, 0.25) is 11.8 Å². The van der Waals surface area contributed by atoms with Gasteiger partial charge < -0.3 is 29.2 Å². The van der Waals surface area contributed by atoms with Crippen molar-refractivity contribution in [1.82, 2.24) is 20.2 Å². The van der Waals surface area contributed by atoms with E-state index in [0.29, 0.717) is 28.7 Å². The lowest BCUT2D eigenvalue weighted by molar-refractivity contribution is -0.159. The largest absolute Gasteiger partial charge is 0.460 e. The molecule has 5 atom stereocenters. The van der Waals surface area contributed by atoms with Crippen molar-refractivity contribution in [1.29, 1.82) is 0 Å². The molecule has 0 aliphatic carbocycles. The van der Waals surface area contributed by atoms with Gasteiger partial charge in [0.25, 0.3) is 5.91 Å². The van der Waals surface area contributed by atoms with Crippen LogP contribution in [0.5, 0.6) is 0 Å². The first-order valence-corrected chi connectivity index (χ1v) is 16.7. The minimum Gasteiger partial charge on any atom is -0.460 e. The third-order valence-corrected chi connectivity index (χ3v) is 8.34. The van der Waals surface area contributed by atoms with E-state index < -0.39 is 54.0 Å². The summed E-state index contributed by atoms with van der Waals surface area (Å²) >= 11 is 3.25. The number of aromatic nitrogens is 2. The molecule has 0 unspecified atom stereocenters. The average molecular weight is 743 g/mol. The number of Topliss-reactive ketones (excluding diaryl/α,β-unsaturated/α-hetero) is 1. The number of ketones is 1. The van der Waals surface area contributed by atoms with Gasteiger partial charge in [0.05, 0.1) is 19.1 Å². The number of halogens is 1. The molecule has 2 aromatic rings. The number of nitrogens with zero attached hydrogens (tertiary/aromatic N) is 3. The Morgan fingerprint density at radius 3 is 2.84 bits per heavy atom. The number of aliphatic hydroxyl groups excluding tert-OH is 1. The van der Waals surface area contributed by atoms with E-state index in [2.05, 4.69) is 36.5 Å². The highest BCUT2D eigenvalue weighted by molar-refractivity contribution is 9.10. The van der Waals surface area contributed by atoms with E-state index in [1.807, 2.05) is 0 Å². The number of hydrogen-bond donors (Lipinski definition) is 3. The molecule has 0 spiro atoms.